The van der Waals surface area contributed by atoms with E-state index < -0.39 is 0 Å². The van der Waals surface area contributed by atoms with Gasteiger partial charge in [-0.05, 0) is 24.3 Å². The Morgan fingerprint density at radius 2 is 2.15 bits per heavy atom. The molecular formula is C9H9FO2S. The fraction of sp³-hybridized carbons (Fsp3) is 0.333. The normalized spacial score (nSPS) is 19.9. The van der Waals surface area contributed by atoms with Gasteiger partial charge in [0.05, 0.1) is 18.8 Å². The molecule has 1 atom stereocenters. The van der Waals surface area contributed by atoms with Gasteiger partial charge in [0.15, 0.2) is 0 Å². The number of hydrogen-bond donors (Lipinski definition) is 0. The van der Waals surface area contributed by atoms with Crippen molar-refractivity contribution in [3.8, 4) is 5.75 Å². The van der Waals surface area contributed by atoms with Crippen LogP contribution in [0.4, 0.5) is 3.89 Å². The van der Waals surface area contributed by atoms with E-state index in [1.165, 1.54) is 0 Å². The minimum atomic E-state index is 0.234. The number of epoxide rings is 1. The zero-order chi connectivity index (χ0) is 9.10. The van der Waals surface area contributed by atoms with Crippen LogP contribution in [-0.2, 0) is 4.74 Å². The van der Waals surface area contributed by atoms with Crippen LogP contribution in [0, 0.1) is 0 Å². The van der Waals surface area contributed by atoms with Gasteiger partial charge in [-0.2, -0.15) is 3.89 Å². The fourth-order valence-electron chi connectivity index (χ4n) is 0.941. The van der Waals surface area contributed by atoms with Gasteiger partial charge in [-0.1, -0.05) is 0 Å². The van der Waals surface area contributed by atoms with Gasteiger partial charge < -0.3 is 9.47 Å². The molecule has 0 spiro atoms. The molecule has 1 saturated heterocycles. The van der Waals surface area contributed by atoms with Gasteiger partial charge in [0.25, 0.3) is 0 Å². The van der Waals surface area contributed by atoms with E-state index in [-0.39, 0.29) is 18.3 Å². The second-order valence-electron chi connectivity index (χ2n) is 2.81. The Balaban J connectivity index is 1.88. The maximum Gasteiger partial charge on any atom is 0.119 e. The molecule has 0 aliphatic carbocycles. The van der Waals surface area contributed by atoms with Crippen LogP contribution in [0.2, 0.25) is 0 Å². The SMILES string of the molecule is FSc1ccc(OCC2CO2)cc1. The summed E-state index contributed by atoms with van der Waals surface area (Å²) in [4.78, 5) is 0.593. The smallest absolute Gasteiger partial charge is 0.119 e. The number of benzene rings is 1. The minimum absolute atomic E-state index is 0.234. The third-order valence-corrected chi connectivity index (χ3v) is 2.20. The first-order valence-electron chi connectivity index (χ1n) is 4.01. The Kier molecular flexibility index (Phi) is 2.71. The summed E-state index contributed by atoms with van der Waals surface area (Å²) in [6.07, 6.45) is 0.259. The standard InChI is InChI=1S/C9H9FO2S/c10-13-9-3-1-7(2-4-9)11-5-8-6-12-8/h1-4,8H,5-6H2. The minimum Gasteiger partial charge on any atom is -0.491 e. The molecule has 1 unspecified atom stereocenters. The summed E-state index contributed by atoms with van der Waals surface area (Å²) in [5, 5.41) is 0. The van der Waals surface area contributed by atoms with Crippen molar-refractivity contribution in [1.82, 2.24) is 0 Å². The van der Waals surface area contributed by atoms with Crippen LogP contribution in [0.25, 0.3) is 0 Å². The van der Waals surface area contributed by atoms with Crippen LogP contribution in [-0.4, -0.2) is 19.3 Å². The molecule has 1 aliphatic rings. The third-order valence-electron chi connectivity index (χ3n) is 1.75. The fourth-order valence-corrected chi connectivity index (χ4v) is 1.18. The highest BCUT2D eigenvalue weighted by molar-refractivity contribution is 7.94. The molecule has 4 heteroatoms. The van der Waals surface area contributed by atoms with Crippen molar-refractivity contribution in [3.63, 3.8) is 0 Å². The van der Waals surface area contributed by atoms with Crippen LogP contribution in [0.15, 0.2) is 29.2 Å². The molecule has 1 heterocycles. The molecule has 0 aromatic heterocycles. The lowest BCUT2D eigenvalue weighted by molar-refractivity contribution is 0.263. The zero-order valence-electron chi connectivity index (χ0n) is 6.90. The zero-order valence-corrected chi connectivity index (χ0v) is 7.72. The maximum atomic E-state index is 12.0. The molecular weight excluding hydrogens is 191 g/mol. The summed E-state index contributed by atoms with van der Waals surface area (Å²) in [7, 11) is 0. The van der Waals surface area contributed by atoms with Gasteiger partial charge in [0.1, 0.15) is 18.5 Å². The summed E-state index contributed by atoms with van der Waals surface area (Å²) < 4.78 is 22.4. The van der Waals surface area contributed by atoms with Crippen molar-refractivity contribution >= 4 is 12.1 Å². The Labute approximate surface area is 80.3 Å². The van der Waals surface area contributed by atoms with Crippen LogP contribution in [0.3, 0.4) is 0 Å². The monoisotopic (exact) mass is 200 g/mol. The Morgan fingerprint density at radius 1 is 1.46 bits per heavy atom. The quantitative estimate of drug-likeness (QED) is 0.697. The second-order valence-corrected chi connectivity index (χ2v) is 3.44. The summed E-state index contributed by atoms with van der Waals surface area (Å²) in [5.41, 5.74) is 0. The molecule has 1 aliphatic heterocycles. The lowest BCUT2D eigenvalue weighted by Crippen LogP contribution is -2.03. The van der Waals surface area contributed by atoms with Crippen molar-refractivity contribution in [1.29, 1.82) is 0 Å². The largest absolute Gasteiger partial charge is 0.491 e. The maximum absolute atomic E-state index is 12.0. The van der Waals surface area contributed by atoms with Gasteiger partial charge in [-0.15, -0.1) is 0 Å². The predicted molar refractivity (Wildman–Crippen MR) is 48.6 cm³/mol. The third kappa shape index (κ3) is 2.60. The van der Waals surface area contributed by atoms with Gasteiger partial charge in [-0.3, -0.25) is 0 Å². The summed E-state index contributed by atoms with van der Waals surface area (Å²) >= 11 is 0.234. The van der Waals surface area contributed by atoms with E-state index in [1.54, 1.807) is 24.3 Å². The van der Waals surface area contributed by atoms with Crippen molar-refractivity contribution in [2.75, 3.05) is 13.2 Å². The number of rotatable bonds is 4. The van der Waals surface area contributed by atoms with E-state index in [1.807, 2.05) is 0 Å². The molecule has 2 rings (SSSR count). The van der Waals surface area contributed by atoms with Gasteiger partial charge >= 0.3 is 0 Å². The molecule has 0 amide bonds. The average Bonchev–Trinajstić information content (AvgIpc) is 2.99. The highest BCUT2D eigenvalue weighted by atomic mass is 32.2. The van der Waals surface area contributed by atoms with Crippen molar-refractivity contribution in [2.24, 2.45) is 0 Å². The summed E-state index contributed by atoms with van der Waals surface area (Å²) in [6, 6.07) is 6.89. The highest BCUT2D eigenvalue weighted by Gasteiger charge is 2.22. The van der Waals surface area contributed by atoms with Crippen LogP contribution >= 0.6 is 12.1 Å². The summed E-state index contributed by atoms with van der Waals surface area (Å²) in [6.45, 7) is 1.38. The van der Waals surface area contributed by atoms with Gasteiger partial charge in [0, 0.05) is 4.90 Å². The Morgan fingerprint density at radius 3 is 2.69 bits per heavy atom. The Hall–Kier alpha value is -0.740. The molecule has 70 valence electrons. The number of ether oxygens (including phenoxy) is 2. The van der Waals surface area contributed by atoms with Crippen LogP contribution in [0.5, 0.6) is 5.75 Å². The first-order chi connectivity index (χ1) is 6.38. The highest BCUT2D eigenvalue weighted by Crippen LogP contribution is 2.22. The second kappa shape index (κ2) is 3.98. The van der Waals surface area contributed by atoms with Gasteiger partial charge in [-0.25, -0.2) is 0 Å². The predicted octanol–water partition coefficient (Wildman–Crippen LogP) is 2.44. The van der Waals surface area contributed by atoms with Crippen molar-refractivity contribution < 1.29 is 13.4 Å². The van der Waals surface area contributed by atoms with Gasteiger partial charge in [0.2, 0.25) is 0 Å². The molecule has 2 nitrogen and oxygen atoms in total. The number of hydrogen-bond acceptors (Lipinski definition) is 3. The Bertz CT molecular complexity index is 271. The number of halogens is 1. The molecule has 1 fully saturated rings. The van der Waals surface area contributed by atoms with Crippen molar-refractivity contribution in [2.45, 2.75) is 11.0 Å². The first kappa shape index (κ1) is 8.84. The summed E-state index contributed by atoms with van der Waals surface area (Å²) in [5.74, 6) is 0.758. The molecule has 13 heavy (non-hydrogen) atoms. The molecule has 0 saturated carbocycles. The molecule has 0 bridgehead atoms. The lowest BCUT2D eigenvalue weighted by atomic mass is 10.3. The van der Waals surface area contributed by atoms with E-state index in [4.69, 9.17) is 9.47 Å². The van der Waals surface area contributed by atoms with E-state index >= 15 is 0 Å². The first-order valence-corrected chi connectivity index (χ1v) is 4.73. The molecule has 1 aromatic carbocycles. The van der Waals surface area contributed by atoms with E-state index in [0.717, 1.165) is 12.4 Å². The van der Waals surface area contributed by atoms with Crippen LogP contribution < -0.4 is 4.74 Å². The topological polar surface area (TPSA) is 21.8 Å². The molecule has 0 radical (unpaired) electrons. The van der Waals surface area contributed by atoms with Crippen molar-refractivity contribution in [3.05, 3.63) is 24.3 Å². The average molecular weight is 200 g/mol. The lowest BCUT2D eigenvalue weighted by Gasteiger charge is -2.03. The molecule has 1 aromatic rings. The van der Waals surface area contributed by atoms with E-state index in [0.29, 0.717) is 11.5 Å². The van der Waals surface area contributed by atoms with E-state index in [9.17, 15) is 3.89 Å². The van der Waals surface area contributed by atoms with Crippen LogP contribution in [0.1, 0.15) is 0 Å². The van der Waals surface area contributed by atoms with E-state index in [2.05, 4.69) is 0 Å². The molecule has 0 N–H and O–H groups in total.